The van der Waals surface area contributed by atoms with Crippen LogP contribution < -0.4 is 0 Å². The highest BCUT2D eigenvalue weighted by molar-refractivity contribution is 6.20. The molecule has 0 unspecified atom stereocenters. The standard InChI is InChI=1S/C42H30/c1-27-12-9-13-28(2)40(27)31-22-23-34-37-24-25-38(35-20-11-21-36(42(35)37)39(34)26-31)41-32(29-14-5-3-6-15-29)18-10-19-33(41)30-16-7-4-8-17-30/h3-26H,1-2H3. The summed E-state index contributed by atoms with van der Waals surface area (Å²) >= 11 is 0. The maximum atomic E-state index is 2.41. The van der Waals surface area contributed by atoms with Gasteiger partial charge in [0, 0.05) is 0 Å². The van der Waals surface area contributed by atoms with E-state index in [0.717, 1.165) is 0 Å². The van der Waals surface area contributed by atoms with Gasteiger partial charge in [0.2, 0.25) is 0 Å². The van der Waals surface area contributed by atoms with Crippen LogP contribution >= 0.6 is 0 Å². The number of benzene rings is 7. The Morgan fingerprint density at radius 1 is 0.310 bits per heavy atom. The molecule has 0 spiro atoms. The molecule has 198 valence electrons. The second-order valence-electron chi connectivity index (χ2n) is 11.4. The lowest BCUT2D eigenvalue weighted by molar-refractivity contribution is 1.38. The summed E-state index contributed by atoms with van der Waals surface area (Å²) in [7, 11) is 0. The van der Waals surface area contributed by atoms with Crippen molar-refractivity contribution >= 4 is 10.8 Å². The summed E-state index contributed by atoms with van der Waals surface area (Å²) in [6.07, 6.45) is 0. The first-order valence-electron chi connectivity index (χ1n) is 14.7. The fourth-order valence-corrected chi connectivity index (χ4v) is 7.06. The molecule has 0 heterocycles. The van der Waals surface area contributed by atoms with Gasteiger partial charge in [0.15, 0.2) is 0 Å². The van der Waals surface area contributed by atoms with Crippen LogP contribution in [0.15, 0.2) is 146 Å². The molecule has 0 bridgehead atoms. The Balaban J connectivity index is 1.39. The molecule has 7 aromatic rings. The minimum atomic E-state index is 1.23. The number of hydrogen-bond acceptors (Lipinski definition) is 0. The van der Waals surface area contributed by atoms with E-state index < -0.39 is 0 Å². The van der Waals surface area contributed by atoms with Crippen molar-refractivity contribution in [3.05, 3.63) is 157 Å². The molecule has 1 aliphatic carbocycles. The van der Waals surface area contributed by atoms with Crippen LogP contribution in [-0.2, 0) is 0 Å². The highest BCUT2D eigenvalue weighted by Crippen LogP contribution is 2.52. The zero-order valence-electron chi connectivity index (χ0n) is 23.9. The third-order valence-corrected chi connectivity index (χ3v) is 8.91. The third-order valence-electron chi connectivity index (χ3n) is 8.91. The predicted octanol–water partition coefficient (Wildman–Crippen LogP) is 11.8. The van der Waals surface area contributed by atoms with Crippen molar-refractivity contribution in [1.82, 2.24) is 0 Å². The van der Waals surface area contributed by atoms with Crippen LogP contribution in [0.5, 0.6) is 0 Å². The van der Waals surface area contributed by atoms with Gasteiger partial charge in [0.25, 0.3) is 0 Å². The van der Waals surface area contributed by atoms with Crippen LogP contribution in [0.1, 0.15) is 11.1 Å². The molecule has 0 nitrogen and oxygen atoms in total. The van der Waals surface area contributed by atoms with Gasteiger partial charge in [-0.15, -0.1) is 0 Å². The average Bonchev–Trinajstić information content (AvgIpc) is 3.36. The van der Waals surface area contributed by atoms with Crippen molar-refractivity contribution in [2.75, 3.05) is 0 Å². The monoisotopic (exact) mass is 534 g/mol. The van der Waals surface area contributed by atoms with Gasteiger partial charge in [-0.3, -0.25) is 0 Å². The lowest BCUT2D eigenvalue weighted by atomic mass is 9.85. The van der Waals surface area contributed by atoms with Crippen molar-refractivity contribution in [3.8, 4) is 66.8 Å². The van der Waals surface area contributed by atoms with E-state index in [1.54, 1.807) is 0 Å². The number of rotatable bonds is 4. The Morgan fingerprint density at radius 3 is 1.50 bits per heavy atom. The van der Waals surface area contributed by atoms with Gasteiger partial charge in [0.05, 0.1) is 0 Å². The lowest BCUT2D eigenvalue weighted by Crippen LogP contribution is -1.92. The fraction of sp³-hybridized carbons (Fsp3) is 0.0476. The van der Waals surface area contributed by atoms with Crippen molar-refractivity contribution in [3.63, 3.8) is 0 Å². The molecular formula is C42H30. The molecule has 0 aliphatic heterocycles. The molecule has 0 aromatic heterocycles. The van der Waals surface area contributed by atoms with E-state index in [2.05, 4.69) is 159 Å². The minimum absolute atomic E-state index is 1.23. The van der Waals surface area contributed by atoms with Gasteiger partial charge >= 0.3 is 0 Å². The molecule has 0 saturated carbocycles. The Morgan fingerprint density at radius 2 is 0.833 bits per heavy atom. The topological polar surface area (TPSA) is 0 Å². The number of aryl methyl sites for hydroxylation is 2. The van der Waals surface area contributed by atoms with Crippen LogP contribution in [0.25, 0.3) is 77.5 Å². The average molecular weight is 535 g/mol. The third kappa shape index (κ3) is 3.76. The van der Waals surface area contributed by atoms with E-state index in [0.29, 0.717) is 0 Å². The lowest BCUT2D eigenvalue weighted by Gasteiger charge is -2.18. The zero-order chi connectivity index (χ0) is 28.2. The summed E-state index contributed by atoms with van der Waals surface area (Å²) in [6.45, 7) is 4.43. The van der Waals surface area contributed by atoms with Crippen molar-refractivity contribution in [1.29, 1.82) is 0 Å². The molecule has 0 N–H and O–H groups in total. The zero-order valence-corrected chi connectivity index (χ0v) is 23.9. The first-order chi connectivity index (χ1) is 20.7. The Bertz CT molecular complexity index is 2050. The summed E-state index contributed by atoms with van der Waals surface area (Å²) in [6, 6.07) is 53.5. The molecule has 42 heavy (non-hydrogen) atoms. The molecule has 0 amide bonds. The van der Waals surface area contributed by atoms with E-state index in [-0.39, 0.29) is 0 Å². The highest BCUT2D eigenvalue weighted by atomic mass is 14.3. The minimum Gasteiger partial charge on any atom is -0.0622 e. The van der Waals surface area contributed by atoms with Crippen LogP contribution in [0, 0.1) is 13.8 Å². The van der Waals surface area contributed by atoms with E-state index >= 15 is 0 Å². The van der Waals surface area contributed by atoms with Gasteiger partial charge in [0.1, 0.15) is 0 Å². The maximum absolute atomic E-state index is 2.41. The van der Waals surface area contributed by atoms with Gasteiger partial charge in [-0.05, 0) is 109 Å². The Hall–Kier alpha value is -5.20. The maximum Gasteiger partial charge on any atom is -0.00201 e. The first kappa shape index (κ1) is 24.6. The van der Waals surface area contributed by atoms with E-state index in [9.17, 15) is 0 Å². The molecule has 0 saturated heterocycles. The quantitative estimate of drug-likeness (QED) is 0.211. The van der Waals surface area contributed by atoms with Gasteiger partial charge in [-0.1, -0.05) is 140 Å². The molecule has 0 atom stereocenters. The van der Waals surface area contributed by atoms with Crippen molar-refractivity contribution in [2.45, 2.75) is 13.8 Å². The highest BCUT2D eigenvalue weighted by Gasteiger charge is 2.25. The largest absolute Gasteiger partial charge is 0.0622 e. The summed E-state index contributed by atoms with van der Waals surface area (Å²) in [5.41, 5.74) is 18.1. The first-order valence-corrected chi connectivity index (χ1v) is 14.7. The van der Waals surface area contributed by atoms with Crippen LogP contribution in [0.4, 0.5) is 0 Å². The number of hydrogen-bond donors (Lipinski definition) is 0. The summed E-state index contributed by atoms with van der Waals surface area (Å²) in [4.78, 5) is 0. The smallest absolute Gasteiger partial charge is 0.00201 e. The van der Waals surface area contributed by atoms with Gasteiger partial charge in [-0.2, -0.15) is 0 Å². The SMILES string of the molecule is Cc1cccc(C)c1-c1ccc2c(c1)-c1cccc3c(-c4c(-c5ccccc5)cccc4-c4ccccc4)ccc-2c13. The number of fused-ring (bicyclic) bond motifs is 3. The molecule has 0 heteroatoms. The summed E-state index contributed by atoms with van der Waals surface area (Å²) < 4.78 is 0. The summed E-state index contributed by atoms with van der Waals surface area (Å²) in [5.74, 6) is 0. The van der Waals surface area contributed by atoms with Gasteiger partial charge < -0.3 is 0 Å². The van der Waals surface area contributed by atoms with Gasteiger partial charge in [-0.25, -0.2) is 0 Å². The second-order valence-corrected chi connectivity index (χ2v) is 11.4. The predicted molar refractivity (Wildman–Crippen MR) is 180 cm³/mol. The van der Waals surface area contributed by atoms with Crippen LogP contribution in [0.2, 0.25) is 0 Å². The Labute approximate surface area is 247 Å². The molecular weight excluding hydrogens is 504 g/mol. The van der Waals surface area contributed by atoms with Crippen LogP contribution in [0.3, 0.4) is 0 Å². The molecule has 1 aliphatic rings. The molecule has 0 fully saturated rings. The molecule has 0 radical (unpaired) electrons. The normalized spacial score (nSPS) is 11.6. The van der Waals surface area contributed by atoms with E-state index in [4.69, 9.17) is 0 Å². The summed E-state index contributed by atoms with van der Waals surface area (Å²) in [5, 5.41) is 2.65. The molecule has 7 aromatic carbocycles. The second kappa shape index (κ2) is 9.72. The van der Waals surface area contributed by atoms with E-state index in [1.165, 1.54) is 88.7 Å². The van der Waals surface area contributed by atoms with E-state index in [1.807, 2.05) is 0 Å². The van der Waals surface area contributed by atoms with Crippen LogP contribution in [-0.4, -0.2) is 0 Å². The van der Waals surface area contributed by atoms with Crippen molar-refractivity contribution in [2.24, 2.45) is 0 Å². The molecule has 8 rings (SSSR count). The Kier molecular flexibility index (Phi) is 5.69. The fourth-order valence-electron chi connectivity index (χ4n) is 7.06. The van der Waals surface area contributed by atoms with Crippen molar-refractivity contribution < 1.29 is 0 Å².